The zero-order valence-electron chi connectivity index (χ0n) is 9.03. The predicted octanol–water partition coefficient (Wildman–Crippen LogP) is 1.67. The molecule has 0 aliphatic carbocycles. The van der Waals surface area contributed by atoms with Crippen LogP contribution in [0.1, 0.15) is 44.2 Å². The average molecular weight is 193 g/mol. The van der Waals surface area contributed by atoms with Crippen LogP contribution < -0.4 is 5.73 Å². The summed E-state index contributed by atoms with van der Waals surface area (Å²) in [7, 11) is 0. The molecule has 78 valence electrons. The molecule has 0 aromatic carbocycles. The molecule has 1 aromatic rings. The minimum Gasteiger partial charge on any atom is -0.327 e. The lowest BCUT2D eigenvalue weighted by molar-refractivity contribution is 0.345. The van der Waals surface area contributed by atoms with Gasteiger partial charge in [-0.3, -0.25) is 0 Å². The van der Waals surface area contributed by atoms with Gasteiger partial charge in [0.1, 0.15) is 5.82 Å². The van der Waals surface area contributed by atoms with E-state index in [0.29, 0.717) is 6.04 Å². The second-order valence-corrected chi connectivity index (χ2v) is 4.21. The Morgan fingerprint density at radius 1 is 1.71 bits per heavy atom. The van der Waals surface area contributed by atoms with Gasteiger partial charge in [-0.2, -0.15) is 0 Å². The fourth-order valence-corrected chi connectivity index (χ4v) is 2.41. The van der Waals surface area contributed by atoms with Crippen molar-refractivity contribution in [1.82, 2.24) is 9.55 Å². The van der Waals surface area contributed by atoms with Gasteiger partial charge in [-0.25, -0.2) is 4.98 Å². The van der Waals surface area contributed by atoms with E-state index in [2.05, 4.69) is 23.4 Å². The zero-order chi connectivity index (χ0) is 10.1. The van der Waals surface area contributed by atoms with Crippen LogP contribution in [0.25, 0.3) is 0 Å². The standard InChI is InChI=1S/C11H19N3/c1-3-11-13-7-9-5-4-6-10(8(2)12)14(9)11/h7-8,10H,3-6,12H2,1-2H3. The lowest BCUT2D eigenvalue weighted by Gasteiger charge is -2.30. The molecule has 14 heavy (non-hydrogen) atoms. The Labute approximate surface area is 85.3 Å². The summed E-state index contributed by atoms with van der Waals surface area (Å²) >= 11 is 0. The molecule has 1 aliphatic rings. The summed E-state index contributed by atoms with van der Waals surface area (Å²) in [4.78, 5) is 4.46. The Morgan fingerprint density at radius 2 is 2.50 bits per heavy atom. The number of imidazole rings is 1. The number of nitrogens with zero attached hydrogens (tertiary/aromatic N) is 2. The fourth-order valence-electron chi connectivity index (χ4n) is 2.41. The number of hydrogen-bond donors (Lipinski definition) is 1. The number of rotatable bonds is 2. The van der Waals surface area contributed by atoms with Gasteiger partial charge in [0, 0.05) is 30.4 Å². The predicted molar refractivity (Wildman–Crippen MR) is 57.2 cm³/mol. The molecule has 2 unspecified atom stereocenters. The van der Waals surface area contributed by atoms with Crippen molar-refractivity contribution in [2.45, 2.75) is 51.6 Å². The van der Waals surface area contributed by atoms with Crippen LogP contribution in [0.5, 0.6) is 0 Å². The molecule has 0 bridgehead atoms. The second kappa shape index (κ2) is 3.73. The summed E-state index contributed by atoms with van der Waals surface area (Å²) in [5, 5.41) is 0. The Kier molecular flexibility index (Phi) is 2.59. The maximum Gasteiger partial charge on any atom is 0.108 e. The van der Waals surface area contributed by atoms with E-state index < -0.39 is 0 Å². The van der Waals surface area contributed by atoms with Gasteiger partial charge < -0.3 is 10.3 Å². The monoisotopic (exact) mass is 193 g/mol. The van der Waals surface area contributed by atoms with Crippen molar-refractivity contribution in [3.8, 4) is 0 Å². The third kappa shape index (κ3) is 1.46. The van der Waals surface area contributed by atoms with Crippen LogP contribution in [-0.2, 0) is 12.8 Å². The molecular weight excluding hydrogens is 174 g/mol. The van der Waals surface area contributed by atoms with Crippen LogP contribution in [0.2, 0.25) is 0 Å². The summed E-state index contributed by atoms with van der Waals surface area (Å²) in [5.74, 6) is 1.20. The van der Waals surface area contributed by atoms with Crippen molar-refractivity contribution < 1.29 is 0 Å². The van der Waals surface area contributed by atoms with Gasteiger partial charge in [-0.05, 0) is 26.2 Å². The minimum absolute atomic E-state index is 0.230. The first kappa shape index (κ1) is 9.71. The first-order chi connectivity index (χ1) is 6.74. The Hall–Kier alpha value is -0.830. The van der Waals surface area contributed by atoms with Crippen LogP contribution in [0, 0.1) is 0 Å². The topological polar surface area (TPSA) is 43.8 Å². The van der Waals surface area contributed by atoms with Crippen LogP contribution >= 0.6 is 0 Å². The SMILES string of the molecule is CCc1ncc2n1C(C(C)N)CCC2. The summed E-state index contributed by atoms with van der Waals surface area (Å²) in [6, 6.07) is 0.699. The highest BCUT2D eigenvalue weighted by atomic mass is 15.1. The number of hydrogen-bond acceptors (Lipinski definition) is 2. The number of aromatic nitrogens is 2. The molecule has 2 N–H and O–H groups in total. The van der Waals surface area contributed by atoms with Gasteiger partial charge in [0.25, 0.3) is 0 Å². The maximum absolute atomic E-state index is 6.02. The number of aryl methyl sites for hydroxylation is 2. The van der Waals surface area contributed by atoms with Gasteiger partial charge in [0.05, 0.1) is 0 Å². The molecule has 3 heteroatoms. The Morgan fingerprint density at radius 3 is 3.14 bits per heavy atom. The molecule has 0 saturated carbocycles. The van der Waals surface area contributed by atoms with E-state index in [9.17, 15) is 0 Å². The van der Waals surface area contributed by atoms with Gasteiger partial charge >= 0.3 is 0 Å². The molecule has 0 saturated heterocycles. The van der Waals surface area contributed by atoms with E-state index in [1.807, 2.05) is 6.20 Å². The molecule has 2 heterocycles. The molecule has 2 atom stereocenters. The van der Waals surface area contributed by atoms with Crippen molar-refractivity contribution in [3.05, 3.63) is 17.7 Å². The Bertz CT molecular complexity index is 301. The second-order valence-electron chi connectivity index (χ2n) is 4.21. The van der Waals surface area contributed by atoms with Crippen molar-refractivity contribution in [2.75, 3.05) is 0 Å². The van der Waals surface area contributed by atoms with Gasteiger partial charge in [0.2, 0.25) is 0 Å². The molecule has 1 aromatic heterocycles. The van der Waals surface area contributed by atoms with Crippen molar-refractivity contribution >= 4 is 0 Å². The molecule has 3 nitrogen and oxygen atoms in total. The van der Waals surface area contributed by atoms with E-state index in [1.54, 1.807) is 0 Å². The van der Waals surface area contributed by atoms with Crippen molar-refractivity contribution in [3.63, 3.8) is 0 Å². The smallest absolute Gasteiger partial charge is 0.108 e. The molecule has 0 spiro atoms. The van der Waals surface area contributed by atoms with Crippen LogP contribution in [0.3, 0.4) is 0 Å². The first-order valence-electron chi connectivity index (χ1n) is 5.54. The van der Waals surface area contributed by atoms with E-state index in [-0.39, 0.29) is 6.04 Å². The first-order valence-corrected chi connectivity index (χ1v) is 5.54. The van der Waals surface area contributed by atoms with E-state index >= 15 is 0 Å². The van der Waals surface area contributed by atoms with Crippen LogP contribution in [0.4, 0.5) is 0 Å². The lowest BCUT2D eigenvalue weighted by atomic mass is 9.98. The lowest BCUT2D eigenvalue weighted by Crippen LogP contribution is -2.33. The molecular formula is C11H19N3. The molecule has 0 amide bonds. The highest BCUT2D eigenvalue weighted by Gasteiger charge is 2.24. The third-order valence-corrected chi connectivity index (χ3v) is 3.14. The van der Waals surface area contributed by atoms with Gasteiger partial charge in [0.15, 0.2) is 0 Å². The van der Waals surface area contributed by atoms with Gasteiger partial charge in [-0.15, -0.1) is 0 Å². The maximum atomic E-state index is 6.02. The van der Waals surface area contributed by atoms with Crippen LogP contribution in [-0.4, -0.2) is 15.6 Å². The average Bonchev–Trinajstić information content (AvgIpc) is 2.59. The molecule has 2 rings (SSSR count). The third-order valence-electron chi connectivity index (χ3n) is 3.14. The van der Waals surface area contributed by atoms with Crippen molar-refractivity contribution in [2.24, 2.45) is 5.73 Å². The fraction of sp³-hybridized carbons (Fsp3) is 0.727. The van der Waals surface area contributed by atoms with E-state index in [4.69, 9.17) is 5.73 Å². The normalized spacial score (nSPS) is 23.2. The number of fused-ring (bicyclic) bond motifs is 1. The largest absolute Gasteiger partial charge is 0.327 e. The summed E-state index contributed by atoms with van der Waals surface area (Å²) in [6.45, 7) is 4.25. The van der Waals surface area contributed by atoms with Crippen molar-refractivity contribution in [1.29, 1.82) is 0 Å². The number of nitrogens with two attached hydrogens (primary N) is 1. The zero-order valence-corrected chi connectivity index (χ0v) is 9.03. The highest BCUT2D eigenvalue weighted by Crippen LogP contribution is 2.28. The van der Waals surface area contributed by atoms with Crippen LogP contribution in [0.15, 0.2) is 6.20 Å². The molecule has 1 aliphatic heterocycles. The quantitative estimate of drug-likeness (QED) is 0.776. The molecule has 0 radical (unpaired) electrons. The minimum atomic E-state index is 0.230. The van der Waals surface area contributed by atoms with E-state index in [1.165, 1.54) is 24.4 Å². The summed E-state index contributed by atoms with van der Waals surface area (Å²) in [5.41, 5.74) is 7.39. The van der Waals surface area contributed by atoms with Gasteiger partial charge in [-0.1, -0.05) is 6.92 Å². The summed E-state index contributed by atoms with van der Waals surface area (Å²) < 4.78 is 2.37. The molecule has 0 fully saturated rings. The summed E-state index contributed by atoms with van der Waals surface area (Å²) in [6.07, 6.45) is 6.64. The Balaban J connectivity index is 2.40. The van der Waals surface area contributed by atoms with E-state index in [0.717, 1.165) is 12.8 Å². The highest BCUT2D eigenvalue weighted by molar-refractivity contribution is 5.11.